The Labute approximate surface area is 106 Å². The second-order valence-electron chi connectivity index (χ2n) is 3.77. The van der Waals surface area contributed by atoms with Gasteiger partial charge >= 0.3 is 5.69 Å². The first-order valence-corrected chi connectivity index (χ1v) is 5.21. The van der Waals surface area contributed by atoms with Crippen LogP contribution in [0.1, 0.15) is 5.69 Å². The average Bonchev–Trinajstić information content (AvgIpc) is 2.60. The van der Waals surface area contributed by atoms with Crippen LogP contribution in [0, 0.1) is 28.7 Å². The first-order valence-electron chi connectivity index (χ1n) is 5.21. The highest BCUT2D eigenvalue weighted by Crippen LogP contribution is 2.34. The van der Waals surface area contributed by atoms with Gasteiger partial charge in [0.15, 0.2) is 11.6 Å². The van der Waals surface area contributed by atoms with E-state index in [0.29, 0.717) is 0 Å². The molecule has 0 amide bonds. The van der Waals surface area contributed by atoms with Crippen molar-refractivity contribution in [3.63, 3.8) is 0 Å². The SMILES string of the molecule is Cc1nn(C)c(Oc2cccc(F)c2F)c1[N+](=O)[O-]. The van der Waals surface area contributed by atoms with Crippen molar-refractivity contribution in [1.29, 1.82) is 0 Å². The van der Waals surface area contributed by atoms with Gasteiger partial charge in [-0.1, -0.05) is 6.07 Å². The zero-order chi connectivity index (χ0) is 14.2. The van der Waals surface area contributed by atoms with Crippen LogP contribution in [0.3, 0.4) is 0 Å². The Morgan fingerprint density at radius 2 is 2.11 bits per heavy atom. The Morgan fingerprint density at radius 1 is 1.42 bits per heavy atom. The fraction of sp³-hybridized carbons (Fsp3) is 0.182. The van der Waals surface area contributed by atoms with Crippen molar-refractivity contribution >= 4 is 5.69 Å². The van der Waals surface area contributed by atoms with E-state index in [1.165, 1.54) is 26.1 Å². The van der Waals surface area contributed by atoms with Crippen LogP contribution in [0.4, 0.5) is 14.5 Å². The molecule has 2 aromatic rings. The molecular weight excluding hydrogens is 260 g/mol. The number of nitro groups is 1. The summed E-state index contributed by atoms with van der Waals surface area (Å²) in [5.41, 5.74) is -0.259. The van der Waals surface area contributed by atoms with Gasteiger partial charge in [-0.3, -0.25) is 10.1 Å². The van der Waals surface area contributed by atoms with Crippen LogP contribution in [0.5, 0.6) is 11.6 Å². The summed E-state index contributed by atoms with van der Waals surface area (Å²) in [4.78, 5) is 10.2. The smallest absolute Gasteiger partial charge is 0.353 e. The van der Waals surface area contributed by atoms with Gasteiger partial charge in [0.1, 0.15) is 5.69 Å². The molecule has 2 rings (SSSR count). The van der Waals surface area contributed by atoms with Gasteiger partial charge in [0, 0.05) is 7.05 Å². The molecule has 100 valence electrons. The second-order valence-corrected chi connectivity index (χ2v) is 3.77. The van der Waals surface area contributed by atoms with Gasteiger partial charge < -0.3 is 4.74 Å². The van der Waals surface area contributed by atoms with Crippen LogP contribution in [-0.4, -0.2) is 14.7 Å². The number of hydrogen-bond acceptors (Lipinski definition) is 4. The van der Waals surface area contributed by atoms with E-state index in [1.54, 1.807) is 0 Å². The standard InChI is InChI=1S/C11H9F2N3O3/c1-6-10(16(17)18)11(15(2)14-6)19-8-5-3-4-7(12)9(8)13/h3-5H,1-2H3. The summed E-state index contributed by atoms with van der Waals surface area (Å²) in [6, 6.07) is 3.33. The summed E-state index contributed by atoms with van der Waals surface area (Å²) in [5.74, 6) is -3.01. The summed E-state index contributed by atoms with van der Waals surface area (Å²) >= 11 is 0. The third kappa shape index (κ3) is 2.24. The molecule has 1 aromatic carbocycles. The Bertz CT molecular complexity index is 655. The van der Waals surface area contributed by atoms with Gasteiger partial charge in [-0.05, 0) is 19.1 Å². The minimum absolute atomic E-state index is 0.124. The van der Waals surface area contributed by atoms with Crippen molar-refractivity contribution in [2.75, 3.05) is 0 Å². The Balaban J connectivity index is 2.49. The van der Waals surface area contributed by atoms with Crippen molar-refractivity contribution in [2.24, 2.45) is 7.05 Å². The number of benzene rings is 1. The van der Waals surface area contributed by atoms with E-state index in [9.17, 15) is 18.9 Å². The minimum Gasteiger partial charge on any atom is -0.431 e. The average molecular weight is 269 g/mol. The molecule has 0 saturated carbocycles. The highest BCUT2D eigenvalue weighted by molar-refractivity contribution is 5.47. The molecule has 0 aliphatic rings. The van der Waals surface area contributed by atoms with Crippen LogP contribution in [0.2, 0.25) is 0 Å². The second kappa shape index (κ2) is 4.63. The van der Waals surface area contributed by atoms with Gasteiger partial charge in [-0.15, -0.1) is 0 Å². The van der Waals surface area contributed by atoms with Gasteiger partial charge in [-0.2, -0.15) is 9.49 Å². The maximum atomic E-state index is 13.5. The molecule has 0 unspecified atom stereocenters. The largest absolute Gasteiger partial charge is 0.431 e. The molecule has 0 spiro atoms. The number of hydrogen-bond donors (Lipinski definition) is 0. The normalized spacial score (nSPS) is 10.5. The van der Waals surface area contributed by atoms with E-state index in [4.69, 9.17) is 4.74 Å². The number of ether oxygens (including phenoxy) is 1. The predicted octanol–water partition coefficient (Wildman–Crippen LogP) is 2.71. The van der Waals surface area contributed by atoms with E-state index < -0.39 is 22.3 Å². The van der Waals surface area contributed by atoms with Crippen molar-refractivity contribution in [2.45, 2.75) is 6.92 Å². The molecule has 0 N–H and O–H groups in total. The predicted molar refractivity (Wildman–Crippen MR) is 61.0 cm³/mol. The first kappa shape index (κ1) is 12.9. The summed E-state index contributed by atoms with van der Waals surface area (Å²) in [6.07, 6.45) is 0. The summed E-state index contributed by atoms with van der Waals surface area (Å²) in [5, 5.41) is 14.7. The molecule has 0 saturated heterocycles. The van der Waals surface area contributed by atoms with E-state index in [0.717, 1.165) is 10.7 Å². The molecule has 0 bridgehead atoms. The number of halogens is 2. The molecule has 0 fully saturated rings. The van der Waals surface area contributed by atoms with Crippen LogP contribution >= 0.6 is 0 Å². The van der Waals surface area contributed by atoms with E-state index >= 15 is 0 Å². The van der Waals surface area contributed by atoms with Crippen molar-refractivity contribution in [3.8, 4) is 11.6 Å². The lowest BCUT2D eigenvalue weighted by Gasteiger charge is -2.06. The topological polar surface area (TPSA) is 70.2 Å². The molecule has 6 nitrogen and oxygen atoms in total. The maximum Gasteiger partial charge on any atom is 0.353 e. The Hall–Kier alpha value is -2.51. The number of aryl methyl sites for hydroxylation is 2. The molecule has 1 heterocycles. The third-order valence-electron chi connectivity index (χ3n) is 2.44. The van der Waals surface area contributed by atoms with Gasteiger partial charge in [0.2, 0.25) is 5.82 Å². The molecule has 8 heteroatoms. The molecule has 19 heavy (non-hydrogen) atoms. The van der Waals surface area contributed by atoms with Crippen LogP contribution < -0.4 is 4.74 Å². The molecule has 0 aliphatic heterocycles. The highest BCUT2D eigenvalue weighted by atomic mass is 19.2. The van der Waals surface area contributed by atoms with E-state index in [2.05, 4.69) is 5.10 Å². The van der Waals surface area contributed by atoms with Gasteiger partial charge in [-0.25, -0.2) is 9.07 Å². The molecule has 1 aromatic heterocycles. The van der Waals surface area contributed by atoms with Gasteiger partial charge in [0.05, 0.1) is 4.92 Å². The van der Waals surface area contributed by atoms with Crippen LogP contribution in [-0.2, 0) is 7.05 Å². The summed E-state index contributed by atoms with van der Waals surface area (Å²) in [6.45, 7) is 1.42. The fourth-order valence-electron chi connectivity index (χ4n) is 1.62. The number of aromatic nitrogens is 2. The van der Waals surface area contributed by atoms with Gasteiger partial charge in [0.25, 0.3) is 5.88 Å². The lowest BCUT2D eigenvalue weighted by Crippen LogP contribution is -1.99. The quantitative estimate of drug-likeness (QED) is 0.634. The first-order chi connectivity index (χ1) is 8.91. The lowest BCUT2D eigenvalue weighted by molar-refractivity contribution is -0.386. The lowest BCUT2D eigenvalue weighted by atomic mass is 10.3. The molecule has 0 atom stereocenters. The van der Waals surface area contributed by atoms with Crippen LogP contribution in [0.25, 0.3) is 0 Å². The van der Waals surface area contributed by atoms with E-state index in [1.807, 2.05) is 0 Å². The van der Waals surface area contributed by atoms with Crippen molar-refractivity contribution < 1.29 is 18.4 Å². The molecular formula is C11H9F2N3O3. The summed E-state index contributed by atoms with van der Waals surface area (Å²) < 4.78 is 32.7. The number of nitrogens with zero attached hydrogens (tertiary/aromatic N) is 3. The fourth-order valence-corrected chi connectivity index (χ4v) is 1.62. The van der Waals surface area contributed by atoms with Crippen molar-refractivity contribution in [1.82, 2.24) is 9.78 Å². The molecule has 0 aliphatic carbocycles. The zero-order valence-corrected chi connectivity index (χ0v) is 10.1. The number of rotatable bonds is 3. The zero-order valence-electron chi connectivity index (χ0n) is 10.1. The monoisotopic (exact) mass is 269 g/mol. The molecule has 0 radical (unpaired) electrons. The van der Waals surface area contributed by atoms with Crippen LogP contribution in [0.15, 0.2) is 18.2 Å². The Kier molecular flexibility index (Phi) is 3.16. The highest BCUT2D eigenvalue weighted by Gasteiger charge is 2.27. The Morgan fingerprint density at radius 3 is 2.74 bits per heavy atom. The maximum absolute atomic E-state index is 13.5. The third-order valence-corrected chi connectivity index (χ3v) is 2.44. The minimum atomic E-state index is -1.21. The van der Waals surface area contributed by atoms with E-state index in [-0.39, 0.29) is 17.3 Å². The van der Waals surface area contributed by atoms with Crippen molar-refractivity contribution in [3.05, 3.63) is 45.6 Å². The summed E-state index contributed by atoms with van der Waals surface area (Å²) in [7, 11) is 1.41.